The van der Waals surface area contributed by atoms with Crippen LogP contribution in [-0.4, -0.2) is 21.9 Å². The zero-order valence-corrected chi connectivity index (χ0v) is 20.3. The number of rotatable bonds is 6. The maximum Gasteiger partial charge on any atom is 0.221 e. The van der Waals surface area contributed by atoms with E-state index in [1.165, 1.54) is 13.8 Å². The van der Waals surface area contributed by atoms with Crippen LogP contribution in [0.15, 0.2) is 66.9 Å². The molecule has 0 saturated carbocycles. The summed E-state index contributed by atoms with van der Waals surface area (Å²) in [7, 11) is 0. The summed E-state index contributed by atoms with van der Waals surface area (Å²) in [5, 5.41) is 17.7. The standard InChI is InChI=1S/C26H21Cl2N3O4/c1-14(32)30-16-8-10-17(11-9-16)35-26(31-15(2)33)20-6-3-5-18(23(20)28)21-13-22(27)19-7-4-12-29-24(19)25(21)34/h3-13,26,34H,1-2H3,(H,30,32)(H,31,33). The topological polar surface area (TPSA) is 101 Å². The lowest BCUT2D eigenvalue weighted by molar-refractivity contribution is -0.121. The molecule has 4 aromatic rings. The van der Waals surface area contributed by atoms with Crippen molar-refractivity contribution in [3.8, 4) is 22.6 Å². The van der Waals surface area contributed by atoms with Gasteiger partial charge in [0.25, 0.3) is 0 Å². The molecule has 0 radical (unpaired) electrons. The quantitative estimate of drug-likeness (QED) is 0.273. The molecule has 4 rings (SSSR count). The van der Waals surface area contributed by atoms with Gasteiger partial charge in [0.05, 0.1) is 10.0 Å². The predicted molar refractivity (Wildman–Crippen MR) is 137 cm³/mol. The molecule has 0 aliphatic rings. The normalized spacial score (nSPS) is 11.7. The Labute approximate surface area is 211 Å². The van der Waals surface area contributed by atoms with Crippen molar-refractivity contribution in [2.45, 2.75) is 20.1 Å². The van der Waals surface area contributed by atoms with E-state index >= 15 is 0 Å². The highest BCUT2D eigenvalue weighted by molar-refractivity contribution is 6.37. The summed E-state index contributed by atoms with van der Waals surface area (Å²) in [6.45, 7) is 2.79. The van der Waals surface area contributed by atoms with E-state index in [2.05, 4.69) is 15.6 Å². The van der Waals surface area contributed by atoms with Crippen molar-refractivity contribution in [3.05, 3.63) is 82.5 Å². The van der Waals surface area contributed by atoms with Crippen LogP contribution in [0.1, 0.15) is 25.6 Å². The molecule has 7 nitrogen and oxygen atoms in total. The minimum atomic E-state index is -0.928. The largest absolute Gasteiger partial charge is 0.505 e. The average Bonchev–Trinajstić information content (AvgIpc) is 2.82. The number of halogens is 2. The number of aromatic nitrogens is 1. The summed E-state index contributed by atoms with van der Waals surface area (Å²) in [5.74, 6) is -0.132. The summed E-state index contributed by atoms with van der Waals surface area (Å²) in [5.41, 5.74) is 2.33. The van der Waals surface area contributed by atoms with Gasteiger partial charge in [-0.3, -0.25) is 14.6 Å². The van der Waals surface area contributed by atoms with Gasteiger partial charge in [0, 0.05) is 47.8 Å². The molecule has 35 heavy (non-hydrogen) atoms. The number of aromatic hydroxyl groups is 1. The van der Waals surface area contributed by atoms with Crippen molar-refractivity contribution in [1.82, 2.24) is 10.3 Å². The Morgan fingerprint density at radius 3 is 2.40 bits per heavy atom. The van der Waals surface area contributed by atoms with Crippen LogP contribution in [-0.2, 0) is 9.59 Å². The van der Waals surface area contributed by atoms with Crippen molar-refractivity contribution in [3.63, 3.8) is 0 Å². The molecular formula is C26H21Cl2N3O4. The number of hydrogen-bond donors (Lipinski definition) is 3. The molecule has 0 saturated heterocycles. The van der Waals surface area contributed by atoms with Gasteiger partial charge in [0.1, 0.15) is 17.0 Å². The fourth-order valence-electron chi connectivity index (χ4n) is 3.66. The van der Waals surface area contributed by atoms with Crippen LogP contribution < -0.4 is 15.4 Å². The second-order valence-corrected chi connectivity index (χ2v) is 8.55. The van der Waals surface area contributed by atoms with Gasteiger partial charge < -0.3 is 20.5 Å². The third kappa shape index (κ3) is 5.31. The van der Waals surface area contributed by atoms with Crippen molar-refractivity contribution in [2.24, 2.45) is 0 Å². The summed E-state index contributed by atoms with van der Waals surface area (Å²) >= 11 is 13.2. The van der Waals surface area contributed by atoms with E-state index < -0.39 is 6.23 Å². The van der Waals surface area contributed by atoms with Gasteiger partial charge in [-0.15, -0.1) is 0 Å². The maximum atomic E-state index is 12.0. The van der Waals surface area contributed by atoms with Gasteiger partial charge in [0.15, 0.2) is 6.23 Å². The number of benzene rings is 3. The van der Waals surface area contributed by atoms with Gasteiger partial charge in [0.2, 0.25) is 11.8 Å². The predicted octanol–water partition coefficient (Wildman–Crippen LogP) is 6.09. The number of carbonyl (C=O) groups excluding carboxylic acids is 2. The third-order valence-corrected chi connectivity index (χ3v) is 5.91. The van der Waals surface area contributed by atoms with E-state index in [0.717, 1.165) is 0 Å². The number of carbonyl (C=O) groups is 2. The van der Waals surface area contributed by atoms with Crippen LogP contribution >= 0.6 is 23.2 Å². The van der Waals surface area contributed by atoms with E-state index in [-0.39, 0.29) is 22.6 Å². The monoisotopic (exact) mass is 509 g/mol. The number of nitrogens with one attached hydrogen (secondary N) is 2. The van der Waals surface area contributed by atoms with Gasteiger partial charge in [-0.2, -0.15) is 0 Å². The number of phenolic OH excluding ortho intramolecular Hbond substituents is 1. The van der Waals surface area contributed by atoms with Crippen molar-refractivity contribution < 1.29 is 19.4 Å². The molecule has 0 bridgehead atoms. The molecule has 0 aliphatic heterocycles. The van der Waals surface area contributed by atoms with Gasteiger partial charge in [-0.05, 0) is 42.5 Å². The molecule has 0 aliphatic carbocycles. The Morgan fingerprint density at radius 2 is 1.71 bits per heavy atom. The number of nitrogens with zero attached hydrogens (tertiary/aromatic N) is 1. The van der Waals surface area contributed by atoms with Crippen LogP contribution in [0.2, 0.25) is 10.0 Å². The summed E-state index contributed by atoms with van der Waals surface area (Å²) < 4.78 is 6.04. The first kappa shape index (κ1) is 24.3. The van der Waals surface area contributed by atoms with Crippen molar-refractivity contribution >= 4 is 51.6 Å². The van der Waals surface area contributed by atoms with Gasteiger partial charge in [-0.25, -0.2) is 0 Å². The molecule has 1 atom stereocenters. The second kappa shape index (κ2) is 10.2. The van der Waals surface area contributed by atoms with E-state index in [4.69, 9.17) is 27.9 Å². The van der Waals surface area contributed by atoms with E-state index in [9.17, 15) is 14.7 Å². The number of anilines is 1. The summed E-state index contributed by atoms with van der Waals surface area (Å²) in [6.07, 6.45) is 0.640. The molecule has 1 unspecified atom stereocenters. The van der Waals surface area contributed by atoms with E-state index in [0.29, 0.717) is 44.1 Å². The van der Waals surface area contributed by atoms with Crippen LogP contribution in [0, 0.1) is 0 Å². The molecule has 9 heteroatoms. The molecule has 0 spiro atoms. The SMILES string of the molecule is CC(=O)Nc1ccc(OC(NC(C)=O)c2cccc(-c3cc(Cl)c4cccnc4c3O)c2Cl)cc1. The number of amides is 2. The van der Waals surface area contributed by atoms with E-state index in [1.54, 1.807) is 66.9 Å². The zero-order chi connectivity index (χ0) is 25.1. The third-order valence-electron chi connectivity index (χ3n) is 5.18. The smallest absolute Gasteiger partial charge is 0.221 e. The Balaban J connectivity index is 1.74. The Bertz CT molecular complexity index is 1420. The molecule has 0 fully saturated rings. The lowest BCUT2D eigenvalue weighted by atomic mass is 9.99. The summed E-state index contributed by atoms with van der Waals surface area (Å²) in [6, 6.07) is 17.0. The van der Waals surface area contributed by atoms with Gasteiger partial charge in [-0.1, -0.05) is 41.4 Å². The van der Waals surface area contributed by atoms with E-state index in [1.807, 2.05) is 0 Å². The molecule has 178 valence electrons. The van der Waals surface area contributed by atoms with Crippen LogP contribution in [0.25, 0.3) is 22.0 Å². The zero-order valence-electron chi connectivity index (χ0n) is 18.8. The fourth-order valence-corrected chi connectivity index (χ4v) is 4.25. The molecular weight excluding hydrogens is 489 g/mol. The highest BCUT2D eigenvalue weighted by Gasteiger charge is 2.22. The van der Waals surface area contributed by atoms with Gasteiger partial charge >= 0.3 is 0 Å². The number of ether oxygens (including phenoxy) is 1. The number of fused-ring (bicyclic) bond motifs is 1. The minimum Gasteiger partial charge on any atom is -0.505 e. The van der Waals surface area contributed by atoms with Crippen molar-refractivity contribution in [1.29, 1.82) is 0 Å². The number of phenols is 1. The highest BCUT2D eigenvalue weighted by Crippen LogP contribution is 2.43. The summed E-state index contributed by atoms with van der Waals surface area (Å²) in [4.78, 5) is 27.5. The first-order chi connectivity index (χ1) is 16.7. The molecule has 3 N–H and O–H groups in total. The van der Waals surface area contributed by atoms with Crippen LogP contribution in [0.4, 0.5) is 5.69 Å². The Morgan fingerprint density at radius 1 is 0.971 bits per heavy atom. The molecule has 1 aromatic heterocycles. The number of hydrogen-bond acceptors (Lipinski definition) is 5. The lowest BCUT2D eigenvalue weighted by Crippen LogP contribution is -2.30. The second-order valence-electron chi connectivity index (χ2n) is 7.77. The van der Waals surface area contributed by atoms with Crippen molar-refractivity contribution in [2.75, 3.05) is 5.32 Å². The fraction of sp³-hybridized carbons (Fsp3) is 0.115. The highest BCUT2D eigenvalue weighted by atomic mass is 35.5. The molecule has 1 heterocycles. The van der Waals surface area contributed by atoms with Crippen LogP contribution in [0.5, 0.6) is 11.5 Å². The minimum absolute atomic E-state index is 0.0606. The Hall–Kier alpha value is -3.81. The molecule has 2 amide bonds. The first-order valence-corrected chi connectivity index (χ1v) is 11.4. The first-order valence-electron chi connectivity index (χ1n) is 10.6. The molecule has 3 aromatic carbocycles. The lowest BCUT2D eigenvalue weighted by Gasteiger charge is -2.23. The van der Waals surface area contributed by atoms with Crippen LogP contribution in [0.3, 0.4) is 0 Å². The number of pyridine rings is 1. The average molecular weight is 510 g/mol. The Kier molecular flexibility index (Phi) is 7.10. The maximum absolute atomic E-state index is 12.0.